The van der Waals surface area contributed by atoms with Crippen LogP contribution in [0.4, 0.5) is 0 Å². The monoisotopic (exact) mass is 342 g/mol. The van der Waals surface area contributed by atoms with Crippen molar-refractivity contribution in [2.75, 3.05) is 20.8 Å². The number of ether oxygens (including phenoxy) is 2. The van der Waals surface area contributed by atoms with Gasteiger partial charge in [-0.3, -0.25) is 4.68 Å². The van der Waals surface area contributed by atoms with E-state index in [0.717, 1.165) is 0 Å². The minimum Gasteiger partial charge on any atom is -0.481 e. The molecule has 0 radical (unpaired) electrons. The topological polar surface area (TPSA) is 82.3 Å². The Balaban J connectivity index is 2.31. The van der Waals surface area contributed by atoms with E-state index in [9.17, 15) is 5.11 Å². The Morgan fingerprint density at radius 1 is 1.40 bits per heavy atom. The average Bonchev–Trinajstić information content (AvgIpc) is 2.85. The summed E-state index contributed by atoms with van der Waals surface area (Å²) in [5, 5.41) is 14.7. The Kier molecular flexibility index (Phi) is 5.05. The second kappa shape index (κ2) is 6.78. The van der Waals surface area contributed by atoms with E-state index in [4.69, 9.17) is 9.47 Å². The van der Waals surface area contributed by atoms with E-state index in [0.29, 0.717) is 34.9 Å². The Morgan fingerprint density at radius 2 is 2.20 bits per heavy atom. The van der Waals surface area contributed by atoms with Gasteiger partial charge in [0.15, 0.2) is 0 Å². The van der Waals surface area contributed by atoms with Crippen molar-refractivity contribution in [1.29, 1.82) is 0 Å². The zero-order valence-electron chi connectivity index (χ0n) is 11.2. The number of nitrogens with zero attached hydrogens (tertiary/aromatic N) is 4. The molecule has 0 aliphatic carbocycles. The highest BCUT2D eigenvalue weighted by Gasteiger charge is 2.21. The summed E-state index contributed by atoms with van der Waals surface area (Å²) in [4.78, 5) is 7.99. The maximum atomic E-state index is 10.5. The highest BCUT2D eigenvalue weighted by Crippen LogP contribution is 2.28. The molecule has 2 aromatic heterocycles. The van der Waals surface area contributed by atoms with E-state index < -0.39 is 6.10 Å². The zero-order valence-corrected chi connectivity index (χ0v) is 12.7. The fourth-order valence-corrected chi connectivity index (χ4v) is 2.27. The molecule has 0 saturated heterocycles. The maximum Gasteiger partial charge on any atom is 0.216 e. The molecule has 2 aromatic rings. The average molecular weight is 343 g/mol. The number of halogens is 1. The van der Waals surface area contributed by atoms with Crippen molar-refractivity contribution in [3.8, 4) is 5.88 Å². The van der Waals surface area contributed by atoms with E-state index in [-0.39, 0.29) is 0 Å². The Hall–Kier alpha value is -1.51. The summed E-state index contributed by atoms with van der Waals surface area (Å²) >= 11 is 3.38. The molecule has 0 aromatic carbocycles. The lowest BCUT2D eigenvalue weighted by Gasteiger charge is -2.14. The van der Waals surface area contributed by atoms with Crippen molar-refractivity contribution in [3.63, 3.8) is 0 Å². The van der Waals surface area contributed by atoms with Crippen LogP contribution in [0.15, 0.2) is 23.1 Å². The molecule has 2 heterocycles. The van der Waals surface area contributed by atoms with Crippen LogP contribution in [0.2, 0.25) is 0 Å². The van der Waals surface area contributed by atoms with Crippen molar-refractivity contribution in [2.45, 2.75) is 12.6 Å². The molecule has 0 saturated carbocycles. The number of methoxy groups -OCH3 is 2. The SMILES string of the molecule is COCCn1ncc(Br)c1C(O)c1cc(OC)ncn1. The molecule has 1 atom stereocenters. The summed E-state index contributed by atoms with van der Waals surface area (Å²) in [5.74, 6) is 0.396. The molecule has 0 bridgehead atoms. The molecule has 7 nitrogen and oxygen atoms in total. The normalized spacial score (nSPS) is 12.4. The minimum absolute atomic E-state index is 0.396. The number of hydrogen-bond acceptors (Lipinski definition) is 6. The molecule has 108 valence electrons. The molecule has 8 heteroatoms. The lowest BCUT2D eigenvalue weighted by Crippen LogP contribution is -2.14. The Morgan fingerprint density at radius 3 is 2.90 bits per heavy atom. The van der Waals surface area contributed by atoms with Crippen LogP contribution in [0.25, 0.3) is 0 Å². The van der Waals surface area contributed by atoms with Crippen LogP contribution in [0.5, 0.6) is 5.88 Å². The number of aliphatic hydroxyl groups excluding tert-OH is 1. The molecule has 0 aliphatic heterocycles. The number of hydrogen-bond donors (Lipinski definition) is 1. The third kappa shape index (κ3) is 3.14. The van der Waals surface area contributed by atoms with Crippen molar-refractivity contribution < 1.29 is 14.6 Å². The van der Waals surface area contributed by atoms with Gasteiger partial charge in [0.25, 0.3) is 0 Å². The number of rotatable bonds is 6. The van der Waals surface area contributed by atoms with Gasteiger partial charge < -0.3 is 14.6 Å². The van der Waals surface area contributed by atoms with E-state index >= 15 is 0 Å². The zero-order chi connectivity index (χ0) is 14.5. The number of aromatic nitrogens is 4. The summed E-state index contributed by atoms with van der Waals surface area (Å²) in [6.07, 6.45) is 2.05. The van der Waals surface area contributed by atoms with Gasteiger partial charge in [-0.1, -0.05) is 0 Å². The van der Waals surface area contributed by atoms with Crippen molar-refractivity contribution in [2.24, 2.45) is 0 Å². The molecule has 1 N–H and O–H groups in total. The number of aliphatic hydroxyl groups is 1. The first-order valence-electron chi connectivity index (χ1n) is 5.91. The molecule has 0 amide bonds. The van der Waals surface area contributed by atoms with Gasteiger partial charge in [0.05, 0.1) is 42.3 Å². The van der Waals surface area contributed by atoms with E-state index in [1.165, 1.54) is 13.4 Å². The van der Waals surface area contributed by atoms with Gasteiger partial charge in [-0.15, -0.1) is 0 Å². The van der Waals surface area contributed by atoms with Crippen LogP contribution in [-0.4, -0.2) is 45.7 Å². The fourth-order valence-electron chi connectivity index (χ4n) is 1.75. The van der Waals surface area contributed by atoms with E-state index in [1.54, 1.807) is 24.1 Å². The van der Waals surface area contributed by atoms with Crippen LogP contribution in [0, 0.1) is 0 Å². The predicted octanol–water partition coefficient (Wildman–Crippen LogP) is 1.17. The van der Waals surface area contributed by atoms with Gasteiger partial charge in [0.1, 0.15) is 12.4 Å². The predicted molar refractivity (Wildman–Crippen MR) is 74.4 cm³/mol. The highest BCUT2D eigenvalue weighted by molar-refractivity contribution is 9.10. The van der Waals surface area contributed by atoms with Crippen LogP contribution >= 0.6 is 15.9 Å². The minimum atomic E-state index is -0.930. The van der Waals surface area contributed by atoms with Gasteiger partial charge in [-0.2, -0.15) is 5.10 Å². The van der Waals surface area contributed by atoms with Crippen LogP contribution in [0.3, 0.4) is 0 Å². The molecule has 20 heavy (non-hydrogen) atoms. The molecule has 1 unspecified atom stereocenters. The summed E-state index contributed by atoms with van der Waals surface area (Å²) in [7, 11) is 3.13. The summed E-state index contributed by atoms with van der Waals surface area (Å²) in [6, 6.07) is 1.59. The van der Waals surface area contributed by atoms with Gasteiger partial charge in [0, 0.05) is 13.2 Å². The fraction of sp³-hybridized carbons (Fsp3) is 0.417. The van der Waals surface area contributed by atoms with Gasteiger partial charge in [-0.25, -0.2) is 9.97 Å². The highest BCUT2D eigenvalue weighted by atomic mass is 79.9. The summed E-state index contributed by atoms with van der Waals surface area (Å²) in [5.41, 5.74) is 1.06. The maximum absolute atomic E-state index is 10.5. The first kappa shape index (κ1) is 14.9. The molecular formula is C12H15BrN4O3. The van der Waals surface area contributed by atoms with Crippen molar-refractivity contribution >= 4 is 15.9 Å². The lowest BCUT2D eigenvalue weighted by atomic mass is 10.2. The van der Waals surface area contributed by atoms with Crippen molar-refractivity contribution in [1.82, 2.24) is 19.7 Å². The summed E-state index contributed by atoms with van der Waals surface area (Å²) in [6.45, 7) is 1.04. The largest absolute Gasteiger partial charge is 0.481 e. The molecule has 2 rings (SSSR count). The van der Waals surface area contributed by atoms with Crippen LogP contribution in [-0.2, 0) is 11.3 Å². The lowest BCUT2D eigenvalue weighted by molar-refractivity contribution is 0.169. The molecule has 0 aliphatic rings. The first-order valence-corrected chi connectivity index (χ1v) is 6.70. The van der Waals surface area contributed by atoms with Crippen molar-refractivity contribution in [3.05, 3.63) is 34.5 Å². The van der Waals surface area contributed by atoms with Gasteiger partial charge in [-0.05, 0) is 15.9 Å². The quantitative estimate of drug-likeness (QED) is 0.848. The third-order valence-corrected chi connectivity index (χ3v) is 3.36. The second-order valence-electron chi connectivity index (χ2n) is 3.98. The molecule has 0 fully saturated rings. The van der Waals surface area contributed by atoms with E-state index in [1.807, 2.05) is 0 Å². The molecule has 0 spiro atoms. The third-order valence-electron chi connectivity index (χ3n) is 2.75. The van der Waals surface area contributed by atoms with Crippen LogP contribution in [0.1, 0.15) is 17.5 Å². The smallest absolute Gasteiger partial charge is 0.216 e. The van der Waals surface area contributed by atoms with Gasteiger partial charge in [0.2, 0.25) is 5.88 Å². The summed E-state index contributed by atoms with van der Waals surface area (Å²) < 4.78 is 12.4. The first-order chi connectivity index (χ1) is 9.67. The van der Waals surface area contributed by atoms with E-state index in [2.05, 4.69) is 31.0 Å². The van der Waals surface area contributed by atoms with Crippen LogP contribution < -0.4 is 4.74 Å². The Labute approximate surface area is 124 Å². The standard InChI is InChI=1S/C12H15BrN4O3/c1-19-4-3-17-11(8(13)6-16-17)12(18)9-5-10(20-2)15-7-14-9/h5-7,12,18H,3-4H2,1-2H3. The molecular weight excluding hydrogens is 328 g/mol. The Bertz CT molecular complexity index is 576. The van der Waals surface area contributed by atoms with Gasteiger partial charge >= 0.3 is 0 Å². The second-order valence-corrected chi connectivity index (χ2v) is 4.84.